The largest absolute Gasteiger partial charge is 0.472 e. The van der Waals surface area contributed by atoms with Crippen molar-refractivity contribution in [1.82, 2.24) is 0 Å². The van der Waals surface area contributed by atoms with Gasteiger partial charge < -0.3 is 27.0 Å². The van der Waals surface area contributed by atoms with E-state index in [4.69, 9.17) is 19.7 Å². The van der Waals surface area contributed by atoms with Crippen LogP contribution in [0.25, 0.3) is 0 Å². The van der Waals surface area contributed by atoms with Crippen LogP contribution in [0.15, 0.2) is 0 Å². The van der Waals surface area contributed by atoms with Crippen molar-refractivity contribution in [2.75, 3.05) is 26.4 Å². The molecule has 0 aliphatic rings. The second-order valence-electron chi connectivity index (χ2n) is 8.07. The third-order valence-electron chi connectivity index (χ3n) is 4.89. The quantitative estimate of drug-likeness (QED) is 0.0884. The first-order chi connectivity index (χ1) is 15.8. The van der Waals surface area contributed by atoms with Gasteiger partial charge in [-0.05, 0) is 12.8 Å². The highest BCUT2D eigenvalue weighted by atomic mass is 31.2. The van der Waals surface area contributed by atoms with Gasteiger partial charge in [-0.1, -0.05) is 64.7 Å². The normalized spacial score (nSPS) is 13.9. The van der Waals surface area contributed by atoms with Gasteiger partial charge in [-0.3, -0.25) is 18.6 Å². The number of unbranched alkanes of at least 4 members (excludes halogenated alkanes) is 10. The van der Waals surface area contributed by atoms with Crippen molar-refractivity contribution in [1.29, 1.82) is 0 Å². The number of carbonyl (C=O) groups is 2. The summed E-state index contributed by atoms with van der Waals surface area (Å²) in [6.07, 6.45) is 11.4. The summed E-state index contributed by atoms with van der Waals surface area (Å²) in [5.74, 6) is -0.869. The number of carbonyl (C=O) groups excluding carboxylic acids is 2. The molecule has 0 aliphatic carbocycles. The summed E-state index contributed by atoms with van der Waals surface area (Å²) in [5.41, 5.74) is 5.25. The van der Waals surface area contributed by atoms with Crippen molar-refractivity contribution < 1.29 is 37.6 Å². The van der Waals surface area contributed by atoms with Gasteiger partial charge in [-0.2, -0.15) is 6.42 Å². The molecule has 0 fully saturated rings. The molecule has 2 atom stereocenters. The van der Waals surface area contributed by atoms with Crippen molar-refractivity contribution in [3.05, 3.63) is 6.92 Å². The zero-order valence-corrected chi connectivity index (χ0v) is 21.2. The minimum absolute atomic E-state index is 0.0531. The molecule has 10 heteroatoms. The zero-order valence-electron chi connectivity index (χ0n) is 20.3. The third kappa shape index (κ3) is 21.3. The Hall–Kier alpha value is -0.990. The lowest BCUT2D eigenvalue weighted by Crippen LogP contribution is -2.29. The molecule has 0 saturated heterocycles. The molecule has 0 heterocycles. The van der Waals surface area contributed by atoms with E-state index in [1.54, 1.807) is 0 Å². The number of ether oxygens (including phenoxy) is 2. The number of nitrogens with two attached hydrogens (primary N) is 1. The van der Waals surface area contributed by atoms with Gasteiger partial charge in [0.1, 0.15) is 6.61 Å². The van der Waals surface area contributed by atoms with Crippen LogP contribution >= 0.6 is 7.82 Å². The zero-order chi connectivity index (χ0) is 24.8. The molecule has 3 N–H and O–H groups in total. The Balaban J connectivity index is 4.45. The number of rotatable bonds is 23. The van der Waals surface area contributed by atoms with E-state index in [0.717, 1.165) is 57.8 Å². The van der Waals surface area contributed by atoms with E-state index in [1.807, 2.05) is 0 Å². The van der Waals surface area contributed by atoms with Crippen molar-refractivity contribution >= 4 is 19.8 Å². The summed E-state index contributed by atoms with van der Waals surface area (Å²) in [5, 5.41) is 0. The van der Waals surface area contributed by atoms with Crippen LogP contribution in [0.2, 0.25) is 0 Å². The second kappa shape index (κ2) is 21.5. The maximum atomic E-state index is 12.2. The monoisotopic (exact) mass is 494 g/mol. The fourth-order valence-corrected chi connectivity index (χ4v) is 3.79. The second-order valence-corrected chi connectivity index (χ2v) is 9.52. The highest BCUT2D eigenvalue weighted by Gasteiger charge is 2.25. The third-order valence-corrected chi connectivity index (χ3v) is 5.87. The molecule has 0 aromatic rings. The van der Waals surface area contributed by atoms with E-state index in [0.29, 0.717) is 12.8 Å². The minimum Gasteiger partial charge on any atom is -0.462 e. The van der Waals surface area contributed by atoms with Crippen molar-refractivity contribution in [3.63, 3.8) is 0 Å². The summed E-state index contributed by atoms with van der Waals surface area (Å²) in [6.45, 7) is 5.16. The van der Waals surface area contributed by atoms with Crippen LogP contribution in [0.1, 0.15) is 96.8 Å². The summed E-state index contributed by atoms with van der Waals surface area (Å²) in [4.78, 5) is 33.8. The number of phosphoric ester groups is 1. The van der Waals surface area contributed by atoms with Gasteiger partial charge in [0.15, 0.2) is 6.10 Å². The lowest BCUT2D eigenvalue weighted by atomic mass is 10.1. The maximum Gasteiger partial charge on any atom is 0.472 e. The van der Waals surface area contributed by atoms with Gasteiger partial charge in [0, 0.05) is 19.4 Å². The Morgan fingerprint density at radius 3 is 2.06 bits per heavy atom. The van der Waals surface area contributed by atoms with Crippen LogP contribution < -0.4 is 5.73 Å². The van der Waals surface area contributed by atoms with Crippen LogP contribution in [0.5, 0.6) is 0 Å². The van der Waals surface area contributed by atoms with Gasteiger partial charge in [0.2, 0.25) is 0 Å². The average molecular weight is 495 g/mol. The van der Waals surface area contributed by atoms with Crippen LogP contribution in [-0.2, 0) is 32.7 Å². The molecule has 196 valence electrons. The standard InChI is InChI=1S/C23H45NO8P/c1-3-5-7-9-11-13-15-22(25)29-19-21(20-31-33(27,28)30-18-17-24)32-23(26)16-14-12-10-8-6-4-2/h21H,1,3-20,24H2,2H3,(H,27,28)/q-1/t21-/m1/s1. The predicted octanol–water partition coefficient (Wildman–Crippen LogP) is 4.85. The molecule has 0 amide bonds. The first-order valence-corrected chi connectivity index (χ1v) is 13.8. The lowest BCUT2D eigenvalue weighted by Gasteiger charge is -2.19. The fourth-order valence-electron chi connectivity index (χ4n) is 3.03. The molecule has 9 nitrogen and oxygen atoms in total. The number of phosphoric acid groups is 1. The molecule has 1 unspecified atom stereocenters. The molecule has 0 spiro atoms. The first kappa shape index (κ1) is 32.0. The van der Waals surface area contributed by atoms with Gasteiger partial charge in [-0.25, -0.2) is 4.57 Å². The summed E-state index contributed by atoms with van der Waals surface area (Å²) in [6, 6.07) is 0. The SMILES string of the molecule is [CH2-]CCCCCCCC(=O)OC[C@H](COP(=O)(O)OCCN)OC(=O)CCCCCCCC. The molecule has 0 aromatic heterocycles. The van der Waals surface area contributed by atoms with E-state index < -0.39 is 32.5 Å². The van der Waals surface area contributed by atoms with Gasteiger partial charge in [0.25, 0.3) is 0 Å². The Morgan fingerprint density at radius 2 is 1.45 bits per heavy atom. The smallest absolute Gasteiger partial charge is 0.462 e. The van der Waals surface area contributed by atoms with E-state index in [1.165, 1.54) is 6.42 Å². The Bertz CT molecular complexity index is 547. The molecular formula is C23H45NO8P-. The molecule has 0 rings (SSSR count). The Morgan fingerprint density at radius 1 is 0.879 bits per heavy atom. The lowest BCUT2D eigenvalue weighted by molar-refractivity contribution is -0.161. The highest BCUT2D eigenvalue weighted by Crippen LogP contribution is 2.43. The first-order valence-electron chi connectivity index (χ1n) is 12.3. The summed E-state index contributed by atoms with van der Waals surface area (Å²) in [7, 11) is -4.34. The Labute approximate surface area is 199 Å². The van der Waals surface area contributed by atoms with E-state index in [2.05, 4.69) is 18.4 Å². The number of esters is 2. The van der Waals surface area contributed by atoms with Crippen LogP contribution in [0.3, 0.4) is 0 Å². The predicted molar refractivity (Wildman–Crippen MR) is 127 cm³/mol. The molecule has 0 saturated carbocycles. The summed E-state index contributed by atoms with van der Waals surface area (Å²) < 4.78 is 32.0. The van der Waals surface area contributed by atoms with Crippen molar-refractivity contribution in [3.8, 4) is 0 Å². The van der Waals surface area contributed by atoms with E-state index in [-0.39, 0.29) is 32.6 Å². The molecule has 0 aromatic carbocycles. The fraction of sp³-hybridized carbons (Fsp3) is 0.870. The molecule has 0 radical (unpaired) electrons. The molecule has 33 heavy (non-hydrogen) atoms. The summed E-state index contributed by atoms with van der Waals surface area (Å²) >= 11 is 0. The maximum absolute atomic E-state index is 12.2. The molecule has 0 aliphatic heterocycles. The highest BCUT2D eigenvalue weighted by molar-refractivity contribution is 7.47. The number of hydrogen-bond acceptors (Lipinski definition) is 8. The minimum atomic E-state index is -4.34. The van der Waals surface area contributed by atoms with Gasteiger partial charge in [-0.15, -0.1) is 0 Å². The number of hydrogen-bond donors (Lipinski definition) is 2. The average Bonchev–Trinajstić information content (AvgIpc) is 2.79. The van der Waals surface area contributed by atoms with Crippen LogP contribution in [0, 0.1) is 6.92 Å². The van der Waals surface area contributed by atoms with Gasteiger partial charge >= 0.3 is 19.8 Å². The molecule has 0 bridgehead atoms. The molecular weight excluding hydrogens is 449 g/mol. The van der Waals surface area contributed by atoms with Crippen molar-refractivity contribution in [2.45, 2.75) is 103 Å². The topological polar surface area (TPSA) is 134 Å². The van der Waals surface area contributed by atoms with E-state index >= 15 is 0 Å². The van der Waals surface area contributed by atoms with Crippen LogP contribution in [0.4, 0.5) is 0 Å². The van der Waals surface area contributed by atoms with Crippen LogP contribution in [-0.4, -0.2) is 49.3 Å². The van der Waals surface area contributed by atoms with E-state index in [9.17, 15) is 19.0 Å². The van der Waals surface area contributed by atoms with Crippen molar-refractivity contribution in [2.24, 2.45) is 5.73 Å². The Kier molecular flexibility index (Phi) is 20.9. The van der Waals surface area contributed by atoms with Gasteiger partial charge in [0.05, 0.1) is 13.2 Å².